The van der Waals surface area contributed by atoms with Gasteiger partial charge in [0.25, 0.3) is 0 Å². The summed E-state index contributed by atoms with van der Waals surface area (Å²) in [5.41, 5.74) is 1.90. The third-order valence-corrected chi connectivity index (χ3v) is 3.93. The van der Waals surface area contributed by atoms with Crippen molar-refractivity contribution < 1.29 is 14.3 Å². The van der Waals surface area contributed by atoms with Gasteiger partial charge in [0.15, 0.2) is 0 Å². The van der Waals surface area contributed by atoms with Crippen molar-refractivity contribution in [3.05, 3.63) is 35.6 Å². The molecule has 0 bridgehead atoms. The summed E-state index contributed by atoms with van der Waals surface area (Å²) < 4.78 is 5.78. The van der Waals surface area contributed by atoms with Crippen molar-refractivity contribution in [1.29, 1.82) is 0 Å². The van der Waals surface area contributed by atoms with E-state index in [1.807, 2.05) is 31.2 Å². The van der Waals surface area contributed by atoms with Crippen molar-refractivity contribution in [3.8, 4) is 0 Å². The van der Waals surface area contributed by atoms with Gasteiger partial charge in [-0.1, -0.05) is 18.2 Å². The predicted octanol–water partition coefficient (Wildman–Crippen LogP) is 2.41. The number of hydrogen-bond acceptors (Lipinski definition) is 3. The van der Waals surface area contributed by atoms with Gasteiger partial charge in [0.2, 0.25) is 0 Å². The molecule has 112 valence electrons. The molecule has 2 N–H and O–H groups in total. The summed E-state index contributed by atoms with van der Waals surface area (Å²) in [6, 6.07) is 8.00. The molecule has 0 aliphatic heterocycles. The molecule has 1 heterocycles. The first kappa shape index (κ1) is 13.9. The van der Waals surface area contributed by atoms with Crippen LogP contribution in [0.5, 0.6) is 0 Å². The molecule has 5 heteroatoms. The Morgan fingerprint density at radius 1 is 1.43 bits per heavy atom. The maximum absolute atomic E-state index is 12.2. The molecule has 1 saturated carbocycles. The zero-order valence-electron chi connectivity index (χ0n) is 12.1. The number of aliphatic hydroxyl groups excluding tert-OH is 1. The monoisotopic (exact) mass is 288 g/mol. The lowest BCUT2D eigenvalue weighted by Gasteiger charge is -2.21. The van der Waals surface area contributed by atoms with Gasteiger partial charge in [-0.15, -0.1) is 0 Å². The van der Waals surface area contributed by atoms with Gasteiger partial charge < -0.3 is 19.7 Å². The summed E-state index contributed by atoms with van der Waals surface area (Å²) in [7, 11) is 0. The number of carbonyl (C=O) groups excluding carboxylic acids is 1. The van der Waals surface area contributed by atoms with Crippen LogP contribution in [0.25, 0.3) is 11.0 Å². The van der Waals surface area contributed by atoms with Gasteiger partial charge in [-0.05, 0) is 25.8 Å². The minimum absolute atomic E-state index is 0.00636. The number of rotatable bonds is 5. The molecule has 2 amide bonds. The Hall–Kier alpha value is -2.01. The van der Waals surface area contributed by atoms with Gasteiger partial charge in [-0.3, -0.25) is 0 Å². The van der Waals surface area contributed by atoms with E-state index in [1.165, 1.54) is 0 Å². The first-order valence-electron chi connectivity index (χ1n) is 7.33. The van der Waals surface area contributed by atoms with Gasteiger partial charge in [0.1, 0.15) is 11.3 Å². The minimum atomic E-state index is -0.133. The molecule has 1 aliphatic carbocycles. The van der Waals surface area contributed by atoms with Crippen LogP contribution in [-0.4, -0.2) is 35.2 Å². The normalized spacial score (nSPS) is 14.4. The average Bonchev–Trinajstić information content (AvgIpc) is 3.28. The molecule has 1 aliphatic rings. The van der Waals surface area contributed by atoms with Gasteiger partial charge in [-0.25, -0.2) is 4.79 Å². The molecule has 2 aromatic rings. The van der Waals surface area contributed by atoms with Crippen molar-refractivity contribution in [3.63, 3.8) is 0 Å². The van der Waals surface area contributed by atoms with Crippen LogP contribution in [0.2, 0.25) is 0 Å². The number of hydrogen-bond donors (Lipinski definition) is 2. The summed E-state index contributed by atoms with van der Waals surface area (Å²) >= 11 is 0. The molecule has 1 fully saturated rings. The van der Waals surface area contributed by atoms with Crippen molar-refractivity contribution in [2.75, 3.05) is 13.2 Å². The van der Waals surface area contributed by atoms with E-state index in [-0.39, 0.29) is 18.7 Å². The van der Waals surface area contributed by atoms with E-state index in [0.717, 1.165) is 35.1 Å². The number of amides is 2. The molecule has 0 spiro atoms. The number of fused-ring (bicyclic) bond motifs is 1. The number of furan rings is 1. The highest BCUT2D eigenvalue weighted by Gasteiger charge is 2.32. The Morgan fingerprint density at radius 3 is 2.86 bits per heavy atom. The van der Waals surface area contributed by atoms with Crippen molar-refractivity contribution >= 4 is 17.0 Å². The maximum atomic E-state index is 12.2. The van der Waals surface area contributed by atoms with E-state index >= 15 is 0 Å². The Balaban J connectivity index is 1.68. The summed E-state index contributed by atoms with van der Waals surface area (Å²) in [6.07, 6.45) is 2.05. The second-order valence-corrected chi connectivity index (χ2v) is 5.45. The van der Waals surface area contributed by atoms with E-state index in [1.54, 1.807) is 4.90 Å². The van der Waals surface area contributed by atoms with Crippen LogP contribution in [0.1, 0.15) is 24.2 Å². The minimum Gasteiger partial charge on any atom is -0.459 e. The van der Waals surface area contributed by atoms with E-state index in [4.69, 9.17) is 9.52 Å². The van der Waals surface area contributed by atoms with Gasteiger partial charge >= 0.3 is 6.03 Å². The molecule has 0 radical (unpaired) electrons. The van der Waals surface area contributed by atoms with Crippen LogP contribution in [-0.2, 0) is 6.54 Å². The standard InChI is InChI=1S/C16H20N2O3/c1-11-13-4-2-3-5-14(13)21-15(11)10-17-16(20)18(8-9-19)12-6-7-12/h2-5,12,19H,6-10H2,1H3,(H,17,20). The molecule has 5 nitrogen and oxygen atoms in total. The molecule has 0 saturated heterocycles. The second kappa shape index (κ2) is 5.77. The van der Waals surface area contributed by atoms with Gasteiger partial charge in [0.05, 0.1) is 13.2 Å². The number of aryl methyl sites for hydroxylation is 1. The molecule has 1 aromatic carbocycles. The Labute approximate surface area is 123 Å². The Kier molecular flexibility index (Phi) is 3.84. The van der Waals surface area contributed by atoms with Crippen LogP contribution >= 0.6 is 0 Å². The molecule has 21 heavy (non-hydrogen) atoms. The first-order chi connectivity index (χ1) is 10.2. The summed E-state index contributed by atoms with van der Waals surface area (Å²) in [5, 5.41) is 13.0. The number of carbonyl (C=O) groups is 1. The highest BCUT2D eigenvalue weighted by Crippen LogP contribution is 2.27. The smallest absolute Gasteiger partial charge is 0.318 e. The predicted molar refractivity (Wildman–Crippen MR) is 80.0 cm³/mol. The number of nitrogens with one attached hydrogen (secondary N) is 1. The van der Waals surface area contributed by atoms with Crippen LogP contribution in [0.3, 0.4) is 0 Å². The third kappa shape index (κ3) is 2.88. The SMILES string of the molecule is Cc1c(CNC(=O)N(CCO)C2CC2)oc2ccccc12. The molecular formula is C16H20N2O3. The topological polar surface area (TPSA) is 65.7 Å². The summed E-state index contributed by atoms with van der Waals surface area (Å²) in [4.78, 5) is 13.9. The van der Waals surface area contributed by atoms with Crippen LogP contribution in [0.4, 0.5) is 4.79 Å². The maximum Gasteiger partial charge on any atom is 0.318 e. The lowest BCUT2D eigenvalue weighted by molar-refractivity contribution is 0.172. The van der Waals surface area contributed by atoms with E-state index in [0.29, 0.717) is 13.1 Å². The summed E-state index contributed by atoms with van der Waals surface area (Å²) in [6.45, 7) is 2.75. The van der Waals surface area contributed by atoms with Crippen LogP contribution < -0.4 is 5.32 Å². The molecule has 1 aromatic heterocycles. The quantitative estimate of drug-likeness (QED) is 0.888. The van der Waals surface area contributed by atoms with Crippen LogP contribution in [0.15, 0.2) is 28.7 Å². The summed E-state index contributed by atoms with van der Waals surface area (Å²) in [5.74, 6) is 0.782. The lowest BCUT2D eigenvalue weighted by atomic mass is 10.1. The molecule has 3 rings (SSSR count). The van der Waals surface area contributed by atoms with E-state index < -0.39 is 0 Å². The van der Waals surface area contributed by atoms with Gasteiger partial charge in [-0.2, -0.15) is 0 Å². The molecular weight excluding hydrogens is 268 g/mol. The number of aliphatic hydroxyl groups is 1. The molecule has 0 unspecified atom stereocenters. The molecule has 0 atom stereocenters. The Morgan fingerprint density at radius 2 is 2.19 bits per heavy atom. The lowest BCUT2D eigenvalue weighted by Crippen LogP contribution is -2.42. The number of para-hydroxylation sites is 1. The largest absolute Gasteiger partial charge is 0.459 e. The van der Waals surface area contributed by atoms with Crippen molar-refractivity contribution in [1.82, 2.24) is 10.2 Å². The fraction of sp³-hybridized carbons (Fsp3) is 0.438. The number of benzene rings is 1. The fourth-order valence-electron chi connectivity index (χ4n) is 2.59. The van der Waals surface area contributed by atoms with Crippen molar-refractivity contribution in [2.24, 2.45) is 0 Å². The highest BCUT2D eigenvalue weighted by atomic mass is 16.3. The van der Waals surface area contributed by atoms with E-state index in [2.05, 4.69) is 5.32 Å². The van der Waals surface area contributed by atoms with Crippen molar-refractivity contribution in [2.45, 2.75) is 32.4 Å². The zero-order chi connectivity index (χ0) is 14.8. The zero-order valence-corrected chi connectivity index (χ0v) is 12.1. The number of urea groups is 1. The third-order valence-electron chi connectivity index (χ3n) is 3.93. The van der Waals surface area contributed by atoms with Gasteiger partial charge in [0, 0.05) is 23.5 Å². The average molecular weight is 288 g/mol. The number of nitrogens with zero attached hydrogens (tertiary/aromatic N) is 1. The first-order valence-corrected chi connectivity index (χ1v) is 7.33. The second-order valence-electron chi connectivity index (χ2n) is 5.45. The highest BCUT2D eigenvalue weighted by molar-refractivity contribution is 5.82. The Bertz CT molecular complexity index is 646. The van der Waals surface area contributed by atoms with Crippen LogP contribution in [0, 0.1) is 6.92 Å². The fourth-order valence-corrected chi connectivity index (χ4v) is 2.59. The van der Waals surface area contributed by atoms with E-state index in [9.17, 15) is 4.79 Å².